The average Bonchev–Trinajstić information content (AvgIpc) is 2.14. The highest BCUT2D eigenvalue weighted by Crippen LogP contribution is 2.13. The third-order valence-electron chi connectivity index (χ3n) is 2.01. The zero-order valence-electron chi connectivity index (χ0n) is 9.95. The van der Waals surface area contributed by atoms with Crippen LogP contribution >= 0.6 is 0 Å². The van der Waals surface area contributed by atoms with E-state index in [2.05, 4.69) is 0 Å². The van der Waals surface area contributed by atoms with Gasteiger partial charge in [-0.25, -0.2) is 0 Å². The molecular formula is C11H23NO3. The molecule has 0 saturated heterocycles. The number of aliphatic hydroxyl groups excluding tert-OH is 1. The molecule has 0 bridgehead atoms. The van der Waals surface area contributed by atoms with Crippen molar-refractivity contribution in [1.29, 1.82) is 0 Å². The molecule has 0 aliphatic heterocycles. The highest BCUT2D eigenvalue weighted by Gasteiger charge is 2.16. The summed E-state index contributed by atoms with van der Waals surface area (Å²) in [6.45, 7) is 7.45. The maximum absolute atomic E-state index is 8.79. The maximum atomic E-state index is 8.79. The third-order valence-corrected chi connectivity index (χ3v) is 2.01. The highest BCUT2D eigenvalue weighted by molar-refractivity contribution is 4.89. The number of hydrogen-bond donors (Lipinski definition) is 2. The molecule has 0 amide bonds. The van der Waals surface area contributed by atoms with Crippen molar-refractivity contribution < 1.29 is 14.6 Å². The maximum Gasteiger partial charge on any atom is 0.0999 e. The lowest BCUT2D eigenvalue weighted by Crippen LogP contribution is -2.25. The first-order chi connectivity index (χ1) is 7.02. The molecule has 0 aromatic rings. The summed E-state index contributed by atoms with van der Waals surface area (Å²) in [7, 11) is 0. The van der Waals surface area contributed by atoms with Gasteiger partial charge in [-0.1, -0.05) is 0 Å². The van der Waals surface area contributed by atoms with Crippen LogP contribution in [-0.2, 0) is 9.47 Å². The third kappa shape index (κ3) is 8.42. The van der Waals surface area contributed by atoms with Crippen LogP contribution in [0.1, 0.15) is 27.2 Å². The molecule has 0 aliphatic carbocycles. The van der Waals surface area contributed by atoms with Gasteiger partial charge < -0.3 is 20.3 Å². The summed E-state index contributed by atoms with van der Waals surface area (Å²) >= 11 is 0. The van der Waals surface area contributed by atoms with E-state index in [0.717, 1.165) is 5.76 Å². The number of allylic oxidation sites excluding steroid dienone is 1. The Labute approximate surface area is 92.1 Å². The minimum Gasteiger partial charge on any atom is -0.497 e. The van der Waals surface area contributed by atoms with Crippen LogP contribution < -0.4 is 5.73 Å². The molecule has 4 nitrogen and oxygen atoms in total. The second-order valence-electron chi connectivity index (χ2n) is 4.00. The van der Waals surface area contributed by atoms with E-state index in [1.54, 1.807) is 0 Å². The summed E-state index contributed by atoms with van der Waals surface area (Å²) in [4.78, 5) is 0. The Bertz CT molecular complexity index is 190. The minimum atomic E-state index is -0.292. The lowest BCUT2D eigenvalue weighted by molar-refractivity contribution is -0.0187. The van der Waals surface area contributed by atoms with Crippen molar-refractivity contribution in [3.8, 4) is 0 Å². The standard InChI is InChI=1S/C11H23NO3/c1-10(14-9-6-12)4-8-15-11(2,3)5-7-13/h4,13H,5-9,12H2,1-3H3/b10-4+. The lowest BCUT2D eigenvalue weighted by Gasteiger charge is -2.23. The highest BCUT2D eigenvalue weighted by atomic mass is 16.5. The van der Waals surface area contributed by atoms with Crippen molar-refractivity contribution in [3.63, 3.8) is 0 Å². The first kappa shape index (κ1) is 14.4. The minimum absolute atomic E-state index is 0.138. The molecule has 0 unspecified atom stereocenters. The molecule has 0 radical (unpaired) electrons. The number of ether oxygens (including phenoxy) is 2. The Kier molecular flexibility index (Phi) is 7.38. The Morgan fingerprint density at radius 3 is 2.67 bits per heavy atom. The van der Waals surface area contributed by atoms with E-state index in [1.807, 2.05) is 26.8 Å². The summed E-state index contributed by atoms with van der Waals surface area (Å²) < 4.78 is 10.8. The molecule has 4 heteroatoms. The van der Waals surface area contributed by atoms with Crippen molar-refractivity contribution >= 4 is 0 Å². The van der Waals surface area contributed by atoms with Crippen molar-refractivity contribution in [1.82, 2.24) is 0 Å². The van der Waals surface area contributed by atoms with Gasteiger partial charge in [0.25, 0.3) is 0 Å². The van der Waals surface area contributed by atoms with E-state index in [9.17, 15) is 0 Å². The summed E-state index contributed by atoms with van der Waals surface area (Å²) in [6, 6.07) is 0. The smallest absolute Gasteiger partial charge is 0.0999 e. The molecule has 0 heterocycles. The van der Waals surface area contributed by atoms with Gasteiger partial charge in [0.1, 0.15) is 0 Å². The first-order valence-electron chi connectivity index (χ1n) is 5.26. The van der Waals surface area contributed by atoms with E-state index >= 15 is 0 Å². The number of rotatable bonds is 8. The zero-order chi connectivity index (χ0) is 11.7. The van der Waals surface area contributed by atoms with E-state index in [-0.39, 0.29) is 12.2 Å². The van der Waals surface area contributed by atoms with Crippen molar-refractivity contribution in [3.05, 3.63) is 11.8 Å². The van der Waals surface area contributed by atoms with Crippen LogP contribution in [0.2, 0.25) is 0 Å². The monoisotopic (exact) mass is 217 g/mol. The molecule has 0 fully saturated rings. The van der Waals surface area contributed by atoms with Crippen LogP contribution in [0.15, 0.2) is 11.8 Å². The van der Waals surface area contributed by atoms with Gasteiger partial charge >= 0.3 is 0 Å². The van der Waals surface area contributed by atoms with Crippen LogP contribution in [0.4, 0.5) is 0 Å². The van der Waals surface area contributed by atoms with Gasteiger partial charge in [0.05, 0.1) is 24.6 Å². The van der Waals surface area contributed by atoms with Crippen molar-refractivity contribution in [2.24, 2.45) is 5.73 Å². The molecular weight excluding hydrogens is 194 g/mol. The van der Waals surface area contributed by atoms with E-state index in [1.165, 1.54) is 0 Å². The molecule has 3 N–H and O–H groups in total. The molecule has 90 valence electrons. The molecule has 0 aromatic heterocycles. The van der Waals surface area contributed by atoms with Gasteiger partial charge in [-0.05, 0) is 33.3 Å². The Balaban J connectivity index is 3.75. The van der Waals surface area contributed by atoms with Crippen LogP contribution in [0.25, 0.3) is 0 Å². The van der Waals surface area contributed by atoms with Gasteiger partial charge in [-0.15, -0.1) is 0 Å². The fourth-order valence-corrected chi connectivity index (χ4v) is 1.00. The summed E-state index contributed by atoms with van der Waals surface area (Å²) in [6.07, 6.45) is 2.50. The Hall–Kier alpha value is -0.580. The first-order valence-corrected chi connectivity index (χ1v) is 5.26. The Morgan fingerprint density at radius 2 is 2.13 bits per heavy atom. The lowest BCUT2D eigenvalue weighted by atomic mass is 10.1. The quantitative estimate of drug-likeness (QED) is 0.596. The predicted molar refractivity (Wildman–Crippen MR) is 60.5 cm³/mol. The topological polar surface area (TPSA) is 64.7 Å². The fourth-order valence-electron chi connectivity index (χ4n) is 1.00. The molecule has 0 aromatic carbocycles. The van der Waals surface area contributed by atoms with Crippen LogP contribution in [0.5, 0.6) is 0 Å². The largest absolute Gasteiger partial charge is 0.497 e. The molecule has 0 saturated carbocycles. The number of nitrogens with two attached hydrogens (primary N) is 1. The van der Waals surface area contributed by atoms with Crippen molar-refractivity contribution in [2.45, 2.75) is 32.8 Å². The van der Waals surface area contributed by atoms with Gasteiger partial charge in [0.2, 0.25) is 0 Å². The molecule has 0 aliphatic rings. The van der Waals surface area contributed by atoms with E-state index in [4.69, 9.17) is 20.3 Å². The summed E-state index contributed by atoms with van der Waals surface area (Å²) in [5.74, 6) is 0.820. The Morgan fingerprint density at radius 1 is 1.47 bits per heavy atom. The second kappa shape index (κ2) is 7.68. The normalized spacial score (nSPS) is 13.0. The van der Waals surface area contributed by atoms with Crippen LogP contribution in [0, 0.1) is 0 Å². The van der Waals surface area contributed by atoms with Crippen molar-refractivity contribution in [2.75, 3.05) is 26.4 Å². The SMILES string of the molecule is C/C(=C\COC(C)(C)CCO)OCCN. The molecule has 0 rings (SSSR count). The van der Waals surface area contributed by atoms with Gasteiger partial charge in [-0.2, -0.15) is 0 Å². The second-order valence-corrected chi connectivity index (χ2v) is 4.00. The molecule has 0 spiro atoms. The number of hydrogen-bond acceptors (Lipinski definition) is 4. The van der Waals surface area contributed by atoms with Crippen LogP contribution in [0.3, 0.4) is 0 Å². The molecule has 0 atom stereocenters. The van der Waals surface area contributed by atoms with Gasteiger partial charge in [-0.3, -0.25) is 0 Å². The average molecular weight is 217 g/mol. The molecule has 15 heavy (non-hydrogen) atoms. The predicted octanol–water partition coefficient (Wildman–Crippen LogP) is 1.04. The summed E-state index contributed by atoms with van der Waals surface area (Å²) in [5, 5.41) is 8.79. The van der Waals surface area contributed by atoms with E-state index in [0.29, 0.717) is 26.2 Å². The van der Waals surface area contributed by atoms with Gasteiger partial charge in [0.15, 0.2) is 0 Å². The van der Waals surface area contributed by atoms with Gasteiger partial charge in [0, 0.05) is 13.2 Å². The fraction of sp³-hybridized carbons (Fsp3) is 0.818. The zero-order valence-corrected chi connectivity index (χ0v) is 9.95. The number of aliphatic hydroxyl groups is 1. The van der Waals surface area contributed by atoms with Crippen LogP contribution in [-0.4, -0.2) is 37.1 Å². The summed E-state index contributed by atoms with van der Waals surface area (Å²) in [5.41, 5.74) is 5.01. The van der Waals surface area contributed by atoms with E-state index < -0.39 is 0 Å².